The second kappa shape index (κ2) is 5.12. The third kappa shape index (κ3) is 3.33. The summed E-state index contributed by atoms with van der Waals surface area (Å²) in [7, 11) is 1.76. The molecule has 1 N–H and O–H groups in total. The third-order valence-electron chi connectivity index (χ3n) is 3.90. The van der Waals surface area contributed by atoms with E-state index in [1.165, 1.54) is 0 Å². The summed E-state index contributed by atoms with van der Waals surface area (Å²) in [6.07, 6.45) is -4.56. The number of nitrogens with one attached hydrogen (secondary N) is 1. The lowest BCUT2D eigenvalue weighted by Gasteiger charge is -2.50. The van der Waals surface area contributed by atoms with Gasteiger partial charge in [-0.25, -0.2) is 0 Å². The average Bonchev–Trinajstić information content (AvgIpc) is 2.30. The molecule has 3 aliphatic rings. The first-order chi connectivity index (χ1) is 7.99. The molecule has 100 valence electrons. The summed E-state index contributed by atoms with van der Waals surface area (Å²) in [4.78, 5) is 4.68. The van der Waals surface area contributed by atoms with Gasteiger partial charge in [-0.3, -0.25) is 9.80 Å². The fourth-order valence-electron chi connectivity index (χ4n) is 2.89. The lowest BCUT2D eigenvalue weighted by Crippen LogP contribution is -2.66. The predicted octanol–water partition coefficient (Wildman–Crippen LogP) is 0.917. The highest BCUT2D eigenvalue weighted by Crippen LogP contribution is 2.26. The molecular formula is C11H20F3N3. The zero-order chi connectivity index (χ0) is 12.5. The first-order valence-electron chi connectivity index (χ1n) is 6.20. The van der Waals surface area contributed by atoms with Gasteiger partial charge in [0.2, 0.25) is 0 Å². The Hall–Kier alpha value is -0.330. The number of hydrogen-bond acceptors (Lipinski definition) is 3. The Bertz CT molecular complexity index is 249. The summed E-state index contributed by atoms with van der Waals surface area (Å²) in [6.45, 7) is 5.02. The molecule has 2 bridgehead atoms. The Morgan fingerprint density at radius 1 is 1.24 bits per heavy atom. The number of nitrogens with zero attached hydrogens (tertiary/aromatic N) is 2. The van der Waals surface area contributed by atoms with E-state index >= 15 is 0 Å². The molecule has 3 heterocycles. The topological polar surface area (TPSA) is 18.5 Å². The van der Waals surface area contributed by atoms with Crippen LogP contribution in [0.5, 0.6) is 0 Å². The van der Waals surface area contributed by atoms with Crippen molar-refractivity contribution < 1.29 is 13.2 Å². The van der Waals surface area contributed by atoms with E-state index in [1.54, 1.807) is 7.05 Å². The lowest BCUT2D eigenvalue weighted by atomic mass is 9.96. The molecule has 3 saturated heterocycles. The van der Waals surface area contributed by atoms with Crippen molar-refractivity contribution in [3.63, 3.8) is 0 Å². The van der Waals surface area contributed by atoms with Crippen molar-refractivity contribution in [1.29, 1.82) is 0 Å². The largest absolute Gasteiger partial charge is 0.389 e. The van der Waals surface area contributed by atoms with Crippen molar-refractivity contribution in [1.82, 2.24) is 15.1 Å². The maximum atomic E-state index is 12.3. The molecule has 3 rings (SSSR count). The summed E-state index contributed by atoms with van der Waals surface area (Å²) < 4.78 is 36.8. The molecule has 0 aromatic rings. The van der Waals surface area contributed by atoms with Crippen LogP contribution in [0.1, 0.15) is 12.8 Å². The van der Waals surface area contributed by atoms with Crippen LogP contribution in [0.25, 0.3) is 0 Å². The van der Waals surface area contributed by atoms with Gasteiger partial charge >= 0.3 is 6.18 Å². The van der Waals surface area contributed by atoms with Crippen LogP contribution in [-0.4, -0.2) is 67.8 Å². The van der Waals surface area contributed by atoms with Gasteiger partial charge in [0.25, 0.3) is 0 Å². The molecule has 0 spiro atoms. The number of rotatable bonds is 4. The number of hydrogen-bond donors (Lipinski definition) is 1. The Balaban J connectivity index is 1.89. The standard InChI is InChI=1S/C11H20F3N3/c1-15-9(2-3-11(12,13)14)10-8-16-4-6-17(10)7-5-16/h9-10,15H,2-8H2,1H3. The van der Waals surface area contributed by atoms with Crippen molar-refractivity contribution in [2.75, 3.05) is 39.8 Å². The van der Waals surface area contributed by atoms with Crippen LogP contribution in [0.3, 0.4) is 0 Å². The molecule has 3 nitrogen and oxygen atoms in total. The molecule has 0 amide bonds. The summed E-state index contributed by atoms with van der Waals surface area (Å²) in [5, 5.41) is 3.06. The van der Waals surface area contributed by atoms with E-state index in [0.717, 1.165) is 32.7 Å². The Morgan fingerprint density at radius 3 is 2.29 bits per heavy atom. The Labute approximate surface area is 99.9 Å². The van der Waals surface area contributed by atoms with Gasteiger partial charge < -0.3 is 5.32 Å². The van der Waals surface area contributed by atoms with Gasteiger partial charge in [-0.05, 0) is 13.5 Å². The lowest BCUT2D eigenvalue weighted by molar-refractivity contribution is -0.138. The fourth-order valence-corrected chi connectivity index (χ4v) is 2.89. The highest BCUT2D eigenvalue weighted by molar-refractivity contribution is 4.94. The summed E-state index contributed by atoms with van der Waals surface area (Å²) in [5.41, 5.74) is 0. The van der Waals surface area contributed by atoms with Crippen LogP contribution >= 0.6 is 0 Å². The smallest absolute Gasteiger partial charge is 0.315 e. The first kappa shape index (κ1) is 13.1. The normalized spacial score (nSPS) is 34.9. The van der Waals surface area contributed by atoms with E-state index in [2.05, 4.69) is 15.1 Å². The molecule has 0 aromatic carbocycles. The number of alkyl halides is 3. The van der Waals surface area contributed by atoms with E-state index in [9.17, 15) is 13.2 Å². The maximum Gasteiger partial charge on any atom is 0.389 e. The van der Waals surface area contributed by atoms with Gasteiger partial charge in [-0.2, -0.15) is 13.2 Å². The van der Waals surface area contributed by atoms with Gasteiger partial charge in [-0.1, -0.05) is 0 Å². The fraction of sp³-hybridized carbons (Fsp3) is 1.00. The van der Waals surface area contributed by atoms with E-state index in [1.807, 2.05) is 0 Å². The first-order valence-corrected chi connectivity index (χ1v) is 6.20. The van der Waals surface area contributed by atoms with Crippen molar-refractivity contribution in [3.05, 3.63) is 0 Å². The van der Waals surface area contributed by atoms with E-state index in [-0.39, 0.29) is 18.5 Å². The molecule has 6 heteroatoms. The Morgan fingerprint density at radius 2 is 1.88 bits per heavy atom. The van der Waals surface area contributed by atoms with Crippen LogP contribution in [0.15, 0.2) is 0 Å². The monoisotopic (exact) mass is 251 g/mol. The minimum Gasteiger partial charge on any atom is -0.315 e. The average molecular weight is 251 g/mol. The number of piperazine rings is 3. The van der Waals surface area contributed by atoms with Gasteiger partial charge in [-0.15, -0.1) is 0 Å². The van der Waals surface area contributed by atoms with Crippen LogP contribution in [0, 0.1) is 0 Å². The van der Waals surface area contributed by atoms with Crippen LogP contribution in [-0.2, 0) is 0 Å². The van der Waals surface area contributed by atoms with Crippen LogP contribution in [0.2, 0.25) is 0 Å². The molecule has 0 aliphatic carbocycles. The molecule has 0 aromatic heterocycles. The van der Waals surface area contributed by atoms with Gasteiger partial charge in [0, 0.05) is 51.2 Å². The highest BCUT2D eigenvalue weighted by Gasteiger charge is 2.37. The Kier molecular flexibility index (Phi) is 3.95. The number of likely N-dealkylation sites (N-methyl/N-ethyl adjacent to an activating group) is 1. The zero-order valence-corrected chi connectivity index (χ0v) is 10.1. The maximum absolute atomic E-state index is 12.3. The number of fused-ring (bicyclic) bond motifs is 3. The van der Waals surface area contributed by atoms with E-state index < -0.39 is 12.6 Å². The van der Waals surface area contributed by atoms with Crippen molar-refractivity contribution in [3.8, 4) is 0 Å². The molecular weight excluding hydrogens is 231 g/mol. The van der Waals surface area contributed by atoms with Crippen molar-refractivity contribution in [2.45, 2.75) is 31.1 Å². The van der Waals surface area contributed by atoms with Gasteiger partial charge in [0.05, 0.1) is 0 Å². The van der Waals surface area contributed by atoms with Crippen molar-refractivity contribution in [2.24, 2.45) is 0 Å². The van der Waals surface area contributed by atoms with Crippen LogP contribution < -0.4 is 5.32 Å². The zero-order valence-electron chi connectivity index (χ0n) is 10.1. The summed E-state index contributed by atoms with van der Waals surface area (Å²) >= 11 is 0. The summed E-state index contributed by atoms with van der Waals surface area (Å²) in [5.74, 6) is 0. The third-order valence-corrected chi connectivity index (χ3v) is 3.90. The van der Waals surface area contributed by atoms with Gasteiger partial charge in [0.15, 0.2) is 0 Å². The minimum atomic E-state index is -4.04. The molecule has 17 heavy (non-hydrogen) atoms. The second-order valence-corrected chi connectivity index (χ2v) is 4.95. The molecule has 0 radical (unpaired) electrons. The molecule has 0 saturated carbocycles. The van der Waals surface area contributed by atoms with E-state index in [4.69, 9.17) is 0 Å². The highest BCUT2D eigenvalue weighted by atomic mass is 19.4. The summed E-state index contributed by atoms with van der Waals surface area (Å²) in [6, 6.07) is 0.185. The van der Waals surface area contributed by atoms with E-state index in [0.29, 0.717) is 0 Å². The van der Waals surface area contributed by atoms with Crippen LogP contribution in [0.4, 0.5) is 13.2 Å². The molecule has 3 aliphatic heterocycles. The van der Waals surface area contributed by atoms with Crippen molar-refractivity contribution >= 4 is 0 Å². The minimum absolute atomic E-state index is 0.0558. The number of halogens is 3. The molecule has 2 unspecified atom stereocenters. The molecule has 2 atom stereocenters. The van der Waals surface area contributed by atoms with Gasteiger partial charge in [0.1, 0.15) is 0 Å². The quantitative estimate of drug-likeness (QED) is 0.801. The SMILES string of the molecule is CNC(CCC(F)(F)F)C1CN2CCN1CC2. The predicted molar refractivity (Wildman–Crippen MR) is 59.9 cm³/mol. The molecule has 3 fully saturated rings. The second-order valence-electron chi connectivity index (χ2n) is 4.95.